The van der Waals surface area contributed by atoms with Crippen LogP contribution < -0.4 is 19.5 Å². The minimum atomic E-state index is -0.627. The maximum Gasteiger partial charge on any atom is 0.340 e. The lowest BCUT2D eigenvalue weighted by molar-refractivity contribution is -0.119. The number of carbonyl (C=O) groups is 2. The minimum Gasteiger partial charge on any atom is -0.493 e. The minimum absolute atomic E-state index is 0.274. The van der Waals surface area contributed by atoms with Gasteiger partial charge in [0.1, 0.15) is 0 Å². The Bertz CT molecular complexity index is 764. The lowest BCUT2D eigenvalue weighted by atomic mass is 10.2. The molecule has 1 aromatic heterocycles. The van der Waals surface area contributed by atoms with E-state index in [2.05, 4.69) is 10.3 Å². The molecular formula is C18H20N2O6. The van der Waals surface area contributed by atoms with E-state index in [1.54, 1.807) is 31.2 Å². The summed E-state index contributed by atoms with van der Waals surface area (Å²) in [6.45, 7) is 1.36. The molecule has 1 amide bonds. The number of hydrogen-bond acceptors (Lipinski definition) is 7. The zero-order valence-electron chi connectivity index (χ0n) is 15.0. The topological polar surface area (TPSA) is 96.0 Å². The summed E-state index contributed by atoms with van der Waals surface area (Å²) >= 11 is 0. The van der Waals surface area contributed by atoms with Crippen molar-refractivity contribution in [2.75, 3.05) is 33.3 Å². The van der Waals surface area contributed by atoms with Gasteiger partial charge in [0.15, 0.2) is 18.1 Å². The zero-order chi connectivity index (χ0) is 19.1. The second kappa shape index (κ2) is 8.70. The Labute approximate surface area is 151 Å². The van der Waals surface area contributed by atoms with Crippen LogP contribution in [0.3, 0.4) is 0 Å². The predicted molar refractivity (Wildman–Crippen MR) is 94.0 cm³/mol. The van der Waals surface area contributed by atoms with Gasteiger partial charge in [0, 0.05) is 29.7 Å². The molecule has 0 fully saturated rings. The summed E-state index contributed by atoms with van der Waals surface area (Å²) in [7, 11) is 4.43. The van der Waals surface area contributed by atoms with E-state index in [0.717, 1.165) is 5.69 Å². The lowest BCUT2D eigenvalue weighted by Gasteiger charge is -2.14. The van der Waals surface area contributed by atoms with Gasteiger partial charge in [-0.1, -0.05) is 0 Å². The number of ether oxygens (including phenoxy) is 4. The number of nitrogens with zero attached hydrogens (tertiary/aromatic N) is 1. The van der Waals surface area contributed by atoms with Crippen molar-refractivity contribution >= 4 is 17.6 Å². The standard InChI is InChI=1S/C18H20N2O6/c1-11-5-6-12(9-19-11)18(22)26-10-16(21)20-13-7-14(23-2)17(25-4)15(8-13)24-3/h5-9H,10H2,1-4H3,(H,20,21). The lowest BCUT2D eigenvalue weighted by Crippen LogP contribution is -2.21. The van der Waals surface area contributed by atoms with Crippen molar-refractivity contribution in [3.8, 4) is 17.2 Å². The molecular weight excluding hydrogens is 340 g/mol. The fraction of sp³-hybridized carbons (Fsp3) is 0.278. The Morgan fingerprint density at radius 3 is 2.19 bits per heavy atom. The molecule has 0 saturated carbocycles. The van der Waals surface area contributed by atoms with Crippen LogP contribution in [0.25, 0.3) is 0 Å². The van der Waals surface area contributed by atoms with Crippen molar-refractivity contribution in [2.45, 2.75) is 6.92 Å². The van der Waals surface area contributed by atoms with Crippen molar-refractivity contribution in [3.63, 3.8) is 0 Å². The van der Waals surface area contributed by atoms with E-state index in [1.165, 1.54) is 27.5 Å². The molecule has 0 aliphatic rings. The third-order valence-corrected chi connectivity index (χ3v) is 3.43. The van der Waals surface area contributed by atoms with Crippen molar-refractivity contribution < 1.29 is 28.5 Å². The first-order valence-electron chi connectivity index (χ1n) is 7.68. The smallest absolute Gasteiger partial charge is 0.340 e. The molecule has 0 bridgehead atoms. The van der Waals surface area contributed by atoms with Gasteiger partial charge in [-0.15, -0.1) is 0 Å². The van der Waals surface area contributed by atoms with Crippen LogP contribution in [0.1, 0.15) is 16.1 Å². The molecule has 1 aromatic carbocycles. The second-order valence-electron chi connectivity index (χ2n) is 5.23. The largest absolute Gasteiger partial charge is 0.493 e. The first-order valence-corrected chi connectivity index (χ1v) is 7.68. The van der Waals surface area contributed by atoms with E-state index in [4.69, 9.17) is 18.9 Å². The van der Waals surface area contributed by atoms with Gasteiger partial charge >= 0.3 is 5.97 Å². The Balaban J connectivity index is 2.01. The Hall–Kier alpha value is -3.29. The average Bonchev–Trinajstić information content (AvgIpc) is 2.65. The molecule has 1 heterocycles. The number of aryl methyl sites for hydroxylation is 1. The first kappa shape index (κ1) is 19.0. The SMILES string of the molecule is COc1cc(NC(=O)COC(=O)c2ccc(C)nc2)cc(OC)c1OC. The van der Waals surface area contributed by atoms with E-state index in [-0.39, 0.29) is 5.56 Å². The van der Waals surface area contributed by atoms with Gasteiger partial charge in [-0.25, -0.2) is 4.79 Å². The molecule has 26 heavy (non-hydrogen) atoms. The van der Waals surface area contributed by atoms with Crippen LogP contribution in [0, 0.1) is 6.92 Å². The molecule has 0 saturated heterocycles. The molecule has 0 aliphatic heterocycles. The molecule has 8 heteroatoms. The van der Waals surface area contributed by atoms with Crippen molar-refractivity contribution in [1.29, 1.82) is 0 Å². The van der Waals surface area contributed by atoms with E-state index in [9.17, 15) is 9.59 Å². The number of nitrogens with one attached hydrogen (secondary N) is 1. The van der Waals surface area contributed by atoms with Crippen LogP contribution in [0.4, 0.5) is 5.69 Å². The van der Waals surface area contributed by atoms with Gasteiger partial charge in [-0.3, -0.25) is 9.78 Å². The highest BCUT2D eigenvalue weighted by Gasteiger charge is 2.15. The van der Waals surface area contributed by atoms with Crippen LogP contribution in [-0.4, -0.2) is 44.8 Å². The third-order valence-electron chi connectivity index (χ3n) is 3.43. The van der Waals surface area contributed by atoms with Crippen LogP contribution in [0.15, 0.2) is 30.5 Å². The summed E-state index contributed by atoms with van der Waals surface area (Å²) in [6.07, 6.45) is 1.40. The third kappa shape index (κ3) is 4.62. The predicted octanol–water partition coefficient (Wildman–Crippen LogP) is 2.21. The van der Waals surface area contributed by atoms with E-state index in [1.807, 2.05) is 0 Å². The van der Waals surface area contributed by atoms with Crippen LogP contribution in [-0.2, 0) is 9.53 Å². The van der Waals surface area contributed by atoms with Crippen molar-refractivity contribution in [2.24, 2.45) is 0 Å². The number of esters is 1. The number of aromatic nitrogens is 1. The van der Waals surface area contributed by atoms with Gasteiger partial charge in [0.05, 0.1) is 26.9 Å². The molecule has 0 unspecified atom stereocenters. The van der Waals surface area contributed by atoms with Crippen molar-refractivity contribution in [1.82, 2.24) is 4.98 Å². The average molecular weight is 360 g/mol. The number of hydrogen-bond donors (Lipinski definition) is 1. The molecule has 2 aromatic rings. The molecule has 0 spiro atoms. The summed E-state index contributed by atoms with van der Waals surface area (Å²) in [4.78, 5) is 27.9. The summed E-state index contributed by atoms with van der Waals surface area (Å²) in [5.74, 6) is 0.0614. The number of amides is 1. The fourth-order valence-electron chi connectivity index (χ4n) is 2.15. The zero-order valence-corrected chi connectivity index (χ0v) is 15.0. The van der Waals surface area contributed by atoms with Crippen molar-refractivity contribution in [3.05, 3.63) is 41.7 Å². The summed E-state index contributed by atoms with van der Waals surface area (Å²) in [5.41, 5.74) is 1.47. The quantitative estimate of drug-likeness (QED) is 0.756. The highest BCUT2D eigenvalue weighted by Crippen LogP contribution is 2.39. The number of anilines is 1. The van der Waals surface area contributed by atoms with E-state index < -0.39 is 18.5 Å². The van der Waals surface area contributed by atoms with Gasteiger partial charge in [0.2, 0.25) is 5.75 Å². The monoisotopic (exact) mass is 360 g/mol. The molecule has 0 aliphatic carbocycles. The number of pyridine rings is 1. The molecule has 1 N–H and O–H groups in total. The Morgan fingerprint density at radius 2 is 1.69 bits per heavy atom. The summed E-state index contributed by atoms with van der Waals surface area (Å²) < 4.78 is 20.6. The van der Waals surface area contributed by atoms with Gasteiger partial charge in [-0.05, 0) is 19.1 Å². The highest BCUT2D eigenvalue weighted by atomic mass is 16.5. The molecule has 138 valence electrons. The van der Waals surface area contributed by atoms with Crippen LogP contribution in [0.2, 0.25) is 0 Å². The number of methoxy groups -OCH3 is 3. The van der Waals surface area contributed by atoms with Crippen LogP contribution >= 0.6 is 0 Å². The second-order valence-corrected chi connectivity index (χ2v) is 5.23. The normalized spacial score (nSPS) is 10.0. The maximum atomic E-state index is 12.0. The van der Waals surface area contributed by atoms with E-state index >= 15 is 0 Å². The Kier molecular flexibility index (Phi) is 6.37. The van der Waals surface area contributed by atoms with Gasteiger partial charge in [-0.2, -0.15) is 0 Å². The fourth-order valence-corrected chi connectivity index (χ4v) is 2.15. The maximum absolute atomic E-state index is 12.0. The number of benzene rings is 1. The first-order chi connectivity index (χ1) is 12.5. The Morgan fingerprint density at radius 1 is 1.04 bits per heavy atom. The number of rotatable bonds is 7. The molecule has 0 radical (unpaired) electrons. The van der Waals surface area contributed by atoms with E-state index in [0.29, 0.717) is 22.9 Å². The summed E-state index contributed by atoms with van der Waals surface area (Å²) in [6, 6.07) is 6.42. The molecule has 8 nitrogen and oxygen atoms in total. The summed E-state index contributed by atoms with van der Waals surface area (Å²) in [5, 5.41) is 2.61. The molecule has 0 atom stereocenters. The molecule has 2 rings (SSSR count). The van der Waals surface area contributed by atoms with Crippen LogP contribution in [0.5, 0.6) is 17.2 Å². The van der Waals surface area contributed by atoms with Gasteiger partial charge in [0.25, 0.3) is 5.91 Å². The highest BCUT2D eigenvalue weighted by molar-refractivity contribution is 5.95. The number of carbonyl (C=O) groups excluding carboxylic acids is 2. The van der Waals surface area contributed by atoms with Gasteiger partial charge < -0.3 is 24.3 Å².